The van der Waals surface area contributed by atoms with Gasteiger partial charge >= 0.3 is 0 Å². The first kappa shape index (κ1) is 19.4. The Bertz CT molecular complexity index is 787. The van der Waals surface area contributed by atoms with Crippen LogP contribution in [-0.2, 0) is 11.0 Å². The standard InChI is InChI=1S/C19H26FN3OSi/c1-14(15-7-8-16(10-21)18(20)9-15)23-13-22-11-17(23)12-24-25(5,6)19(2,3)4/h7-9,11,13-14H,12H2,1-6H3. The van der Waals surface area contributed by atoms with E-state index in [4.69, 9.17) is 9.69 Å². The lowest BCUT2D eigenvalue weighted by Crippen LogP contribution is -2.40. The summed E-state index contributed by atoms with van der Waals surface area (Å²) in [6.45, 7) is 13.5. The molecule has 0 aliphatic heterocycles. The van der Waals surface area contributed by atoms with Gasteiger partial charge in [-0.05, 0) is 42.8 Å². The lowest BCUT2D eigenvalue weighted by Gasteiger charge is -2.36. The number of rotatable bonds is 5. The molecule has 6 heteroatoms. The van der Waals surface area contributed by atoms with Crippen LogP contribution in [0.25, 0.3) is 0 Å². The maximum Gasteiger partial charge on any atom is 0.192 e. The van der Waals surface area contributed by atoms with Gasteiger partial charge in [-0.2, -0.15) is 5.26 Å². The van der Waals surface area contributed by atoms with Gasteiger partial charge in [-0.1, -0.05) is 26.8 Å². The molecule has 0 aliphatic rings. The van der Waals surface area contributed by atoms with Gasteiger partial charge in [0.1, 0.15) is 11.9 Å². The maximum atomic E-state index is 13.9. The minimum atomic E-state index is -1.86. The summed E-state index contributed by atoms with van der Waals surface area (Å²) < 4.78 is 22.2. The van der Waals surface area contributed by atoms with E-state index >= 15 is 0 Å². The molecule has 4 nitrogen and oxygen atoms in total. The minimum absolute atomic E-state index is 0.0584. The van der Waals surface area contributed by atoms with E-state index in [1.54, 1.807) is 18.6 Å². The van der Waals surface area contributed by atoms with Gasteiger partial charge in [0.15, 0.2) is 8.32 Å². The number of nitriles is 1. The fourth-order valence-corrected chi connectivity index (χ4v) is 3.25. The highest BCUT2D eigenvalue weighted by Gasteiger charge is 2.37. The molecule has 0 aliphatic carbocycles. The quantitative estimate of drug-likeness (QED) is 0.704. The highest BCUT2D eigenvalue weighted by molar-refractivity contribution is 6.74. The van der Waals surface area contributed by atoms with Gasteiger partial charge < -0.3 is 8.99 Å². The van der Waals surface area contributed by atoms with Crippen molar-refractivity contribution in [3.05, 3.63) is 53.4 Å². The number of halogens is 1. The van der Waals surface area contributed by atoms with Crippen LogP contribution in [0.5, 0.6) is 0 Å². The zero-order valence-electron chi connectivity index (χ0n) is 15.8. The molecule has 1 aromatic heterocycles. The van der Waals surface area contributed by atoms with E-state index in [1.165, 1.54) is 12.1 Å². The summed E-state index contributed by atoms with van der Waals surface area (Å²) in [5.41, 5.74) is 1.81. The summed E-state index contributed by atoms with van der Waals surface area (Å²) in [5.74, 6) is -0.494. The van der Waals surface area contributed by atoms with E-state index in [-0.39, 0.29) is 16.6 Å². The molecule has 25 heavy (non-hydrogen) atoms. The summed E-state index contributed by atoms with van der Waals surface area (Å²) in [6, 6.07) is 6.47. The SMILES string of the molecule is CC(c1ccc(C#N)c(F)c1)n1cncc1CO[Si](C)(C)C(C)(C)C. The van der Waals surface area contributed by atoms with E-state index in [2.05, 4.69) is 38.8 Å². The van der Waals surface area contributed by atoms with Crippen molar-refractivity contribution in [2.75, 3.05) is 0 Å². The average Bonchev–Trinajstić information content (AvgIpc) is 2.99. The van der Waals surface area contributed by atoms with Crippen molar-refractivity contribution in [1.29, 1.82) is 5.26 Å². The van der Waals surface area contributed by atoms with Crippen LogP contribution in [0.4, 0.5) is 4.39 Å². The van der Waals surface area contributed by atoms with Crippen LogP contribution in [0, 0.1) is 17.1 Å². The summed E-state index contributed by atoms with van der Waals surface area (Å²) in [6.07, 6.45) is 3.54. The molecular formula is C19H26FN3OSi. The van der Waals surface area contributed by atoms with Crippen molar-refractivity contribution in [2.45, 2.75) is 58.5 Å². The van der Waals surface area contributed by atoms with Gasteiger partial charge in [-0.25, -0.2) is 9.37 Å². The predicted molar refractivity (Wildman–Crippen MR) is 99.1 cm³/mol. The summed E-state index contributed by atoms with van der Waals surface area (Å²) in [7, 11) is -1.86. The molecule has 0 bridgehead atoms. The Morgan fingerprint density at radius 3 is 2.60 bits per heavy atom. The van der Waals surface area contributed by atoms with E-state index in [1.807, 2.05) is 17.6 Å². The summed E-state index contributed by atoms with van der Waals surface area (Å²) in [5, 5.41) is 9.01. The zero-order chi connectivity index (χ0) is 18.8. The van der Waals surface area contributed by atoms with Gasteiger partial charge in [-0.15, -0.1) is 0 Å². The van der Waals surface area contributed by atoms with Crippen LogP contribution in [0.3, 0.4) is 0 Å². The Hall–Kier alpha value is -1.97. The Balaban J connectivity index is 2.21. The monoisotopic (exact) mass is 359 g/mol. The predicted octanol–water partition coefficient (Wildman–Crippen LogP) is 5.02. The second kappa shape index (κ2) is 7.10. The molecule has 0 radical (unpaired) electrons. The maximum absolute atomic E-state index is 13.9. The molecular weight excluding hydrogens is 333 g/mol. The first-order valence-electron chi connectivity index (χ1n) is 8.41. The van der Waals surface area contributed by atoms with Gasteiger partial charge in [-0.3, -0.25) is 0 Å². The fourth-order valence-electron chi connectivity index (χ4n) is 2.31. The van der Waals surface area contributed by atoms with Crippen molar-refractivity contribution in [3.8, 4) is 6.07 Å². The van der Waals surface area contributed by atoms with Crippen LogP contribution in [0.1, 0.15) is 50.6 Å². The minimum Gasteiger partial charge on any atom is -0.411 e. The third kappa shape index (κ3) is 4.17. The highest BCUT2D eigenvalue weighted by Crippen LogP contribution is 2.37. The topological polar surface area (TPSA) is 50.8 Å². The summed E-state index contributed by atoms with van der Waals surface area (Å²) >= 11 is 0. The Morgan fingerprint density at radius 2 is 2.04 bits per heavy atom. The lowest BCUT2D eigenvalue weighted by atomic mass is 10.1. The van der Waals surface area contributed by atoms with Crippen LogP contribution in [-0.4, -0.2) is 17.9 Å². The average molecular weight is 360 g/mol. The molecule has 0 fully saturated rings. The number of nitrogens with zero attached hydrogens (tertiary/aromatic N) is 3. The summed E-state index contributed by atoms with van der Waals surface area (Å²) in [4.78, 5) is 4.24. The number of hydrogen-bond donors (Lipinski definition) is 0. The second-order valence-electron chi connectivity index (χ2n) is 7.87. The van der Waals surface area contributed by atoms with Crippen LogP contribution in [0.15, 0.2) is 30.7 Å². The van der Waals surface area contributed by atoms with Crippen LogP contribution in [0.2, 0.25) is 18.1 Å². The van der Waals surface area contributed by atoms with Crippen LogP contribution < -0.4 is 0 Å². The molecule has 2 rings (SSSR count). The third-order valence-corrected chi connectivity index (χ3v) is 9.63. The number of benzene rings is 1. The van der Waals surface area contributed by atoms with Gasteiger partial charge in [0.2, 0.25) is 0 Å². The van der Waals surface area contributed by atoms with Crippen molar-refractivity contribution in [3.63, 3.8) is 0 Å². The van der Waals surface area contributed by atoms with Gasteiger partial charge in [0.05, 0.1) is 36.4 Å². The van der Waals surface area contributed by atoms with Crippen molar-refractivity contribution in [1.82, 2.24) is 9.55 Å². The van der Waals surface area contributed by atoms with Crippen molar-refractivity contribution in [2.24, 2.45) is 0 Å². The molecule has 1 aromatic carbocycles. The highest BCUT2D eigenvalue weighted by atomic mass is 28.4. The third-order valence-electron chi connectivity index (χ3n) is 5.15. The fraction of sp³-hybridized carbons (Fsp3) is 0.474. The van der Waals surface area contributed by atoms with Gasteiger partial charge in [0.25, 0.3) is 0 Å². The molecule has 0 saturated carbocycles. The molecule has 1 heterocycles. The van der Waals surface area contributed by atoms with Crippen molar-refractivity contribution >= 4 is 8.32 Å². The van der Waals surface area contributed by atoms with E-state index < -0.39 is 14.1 Å². The normalized spacial score (nSPS) is 13.5. The molecule has 0 spiro atoms. The molecule has 1 unspecified atom stereocenters. The Morgan fingerprint density at radius 1 is 1.36 bits per heavy atom. The Kier molecular flexibility index (Phi) is 5.50. The van der Waals surface area contributed by atoms with E-state index in [9.17, 15) is 4.39 Å². The lowest BCUT2D eigenvalue weighted by molar-refractivity contribution is 0.265. The van der Waals surface area contributed by atoms with Crippen LogP contribution >= 0.6 is 0 Å². The smallest absolute Gasteiger partial charge is 0.192 e. The largest absolute Gasteiger partial charge is 0.411 e. The zero-order valence-corrected chi connectivity index (χ0v) is 16.8. The molecule has 0 saturated heterocycles. The molecule has 1 atom stereocenters. The number of hydrogen-bond acceptors (Lipinski definition) is 3. The molecule has 2 aromatic rings. The Labute approximate surface area is 150 Å². The second-order valence-corrected chi connectivity index (χ2v) is 12.7. The van der Waals surface area contributed by atoms with E-state index in [0.29, 0.717) is 6.61 Å². The first-order valence-corrected chi connectivity index (χ1v) is 11.3. The van der Waals surface area contributed by atoms with Gasteiger partial charge in [0, 0.05) is 0 Å². The molecule has 0 amide bonds. The molecule has 134 valence electrons. The first-order chi connectivity index (χ1) is 11.6. The molecule has 0 N–H and O–H groups in total. The number of aromatic nitrogens is 2. The number of imidazole rings is 1. The van der Waals surface area contributed by atoms with E-state index in [0.717, 1.165) is 11.3 Å². The van der Waals surface area contributed by atoms with Crippen molar-refractivity contribution < 1.29 is 8.82 Å².